The monoisotopic (exact) mass is 187 g/mol. The Morgan fingerprint density at radius 2 is 1.92 bits per heavy atom. The molecule has 3 atom stereocenters. The lowest BCUT2D eigenvalue weighted by atomic mass is 9.83. The fourth-order valence-corrected chi connectivity index (χ4v) is 1.78. The molecule has 0 aliphatic heterocycles. The highest BCUT2D eigenvalue weighted by atomic mass is 16.4. The van der Waals surface area contributed by atoms with E-state index in [0.29, 0.717) is 11.8 Å². The van der Waals surface area contributed by atoms with Crippen LogP contribution < -0.4 is 5.73 Å². The zero-order valence-corrected chi connectivity index (χ0v) is 8.79. The van der Waals surface area contributed by atoms with E-state index in [0.717, 1.165) is 12.8 Å². The third-order valence-electron chi connectivity index (χ3n) is 2.81. The van der Waals surface area contributed by atoms with Crippen molar-refractivity contribution in [3.05, 3.63) is 0 Å². The predicted molar refractivity (Wildman–Crippen MR) is 53.5 cm³/mol. The van der Waals surface area contributed by atoms with Crippen LogP contribution in [0.1, 0.15) is 40.0 Å². The summed E-state index contributed by atoms with van der Waals surface area (Å²) >= 11 is 0. The van der Waals surface area contributed by atoms with Crippen LogP contribution >= 0.6 is 0 Å². The van der Waals surface area contributed by atoms with Gasteiger partial charge in [-0.1, -0.05) is 33.6 Å². The minimum atomic E-state index is -0.797. The molecule has 0 amide bonds. The maximum absolute atomic E-state index is 10.5. The van der Waals surface area contributed by atoms with E-state index >= 15 is 0 Å². The van der Waals surface area contributed by atoms with E-state index < -0.39 is 5.97 Å². The Hall–Kier alpha value is -0.570. The number of nitrogens with two attached hydrogens (primary N) is 1. The fraction of sp³-hybridized carbons (Fsp3) is 0.900. The number of rotatable bonds is 6. The zero-order chi connectivity index (χ0) is 10.4. The number of hydrogen-bond acceptors (Lipinski definition) is 2. The van der Waals surface area contributed by atoms with Gasteiger partial charge in [-0.2, -0.15) is 0 Å². The highest BCUT2D eigenvalue weighted by Gasteiger charge is 2.22. The van der Waals surface area contributed by atoms with Gasteiger partial charge in [0, 0.05) is 6.04 Å². The largest absolute Gasteiger partial charge is 0.481 e. The molecule has 0 aromatic heterocycles. The molecule has 0 heterocycles. The summed E-state index contributed by atoms with van der Waals surface area (Å²) in [5.41, 5.74) is 5.83. The van der Waals surface area contributed by atoms with E-state index in [-0.39, 0.29) is 12.5 Å². The Morgan fingerprint density at radius 3 is 2.23 bits per heavy atom. The van der Waals surface area contributed by atoms with Crippen LogP contribution in [-0.2, 0) is 4.79 Å². The average molecular weight is 187 g/mol. The van der Waals surface area contributed by atoms with Gasteiger partial charge in [0.1, 0.15) is 0 Å². The van der Waals surface area contributed by atoms with Crippen LogP contribution in [0.3, 0.4) is 0 Å². The molecular weight excluding hydrogens is 166 g/mol. The molecule has 3 heteroatoms. The van der Waals surface area contributed by atoms with E-state index in [1.807, 2.05) is 0 Å². The number of hydrogen-bond donors (Lipinski definition) is 2. The number of carbonyl (C=O) groups is 1. The minimum absolute atomic E-state index is 0.0862. The van der Waals surface area contributed by atoms with Gasteiger partial charge >= 0.3 is 5.97 Å². The third-order valence-corrected chi connectivity index (χ3v) is 2.81. The third kappa shape index (κ3) is 4.27. The summed E-state index contributed by atoms with van der Waals surface area (Å²) in [6.07, 6.45) is 2.11. The van der Waals surface area contributed by atoms with E-state index in [4.69, 9.17) is 10.8 Å². The van der Waals surface area contributed by atoms with Crippen LogP contribution in [-0.4, -0.2) is 17.1 Å². The van der Waals surface area contributed by atoms with Gasteiger partial charge in [0.05, 0.1) is 6.42 Å². The van der Waals surface area contributed by atoms with Gasteiger partial charge in [-0.25, -0.2) is 0 Å². The van der Waals surface area contributed by atoms with Crippen molar-refractivity contribution in [3.8, 4) is 0 Å². The topological polar surface area (TPSA) is 63.3 Å². The van der Waals surface area contributed by atoms with Gasteiger partial charge in [0.2, 0.25) is 0 Å². The van der Waals surface area contributed by atoms with Crippen LogP contribution in [0.25, 0.3) is 0 Å². The number of carboxylic acids is 1. The Morgan fingerprint density at radius 1 is 1.38 bits per heavy atom. The van der Waals surface area contributed by atoms with Crippen molar-refractivity contribution in [1.29, 1.82) is 0 Å². The van der Waals surface area contributed by atoms with Crippen molar-refractivity contribution in [2.45, 2.75) is 46.1 Å². The lowest BCUT2D eigenvalue weighted by Gasteiger charge is -2.26. The molecule has 0 spiro atoms. The standard InChI is InChI=1S/C10H21NO2/c1-4-7(3)8(5-2)9(11)6-10(12)13/h7-9H,4-6,11H2,1-3H3,(H,12,13). The van der Waals surface area contributed by atoms with E-state index in [1.54, 1.807) is 0 Å². The molecule has 0 bridgehead atoms. The summed E-state index contributed by atoms with van der Waals surface area (Å²) in [6, 6.07) is -0.197. The maximum atomic E-state index is 10.5. The summed E-state index contributed by atoms with van der Waals surface area (Å²) in [4.78, 5) is 10.5. The zero-order valence-electron chi connectivity index (χ0n) is 8.79. The Balaban J connectivity index is 4.13. The molecule has 0 saturated carbocycles. The molecule has 0 rings (SSSR count). The highest BCUT2D eigenvalue weighted by molar-refractivity contribution is 5.67. The van der Waals surface area contributed by atoms with E-state index in [9.17, 15) is 4.79 Å². The minimum Gasteiger partial charge on any atom is -0.481 e. The number of carboxylic acid groups (broad SMARTS) is 1. The first-order valence-corrected chi connectivity index (χ1v) is 5.00. The molecule has 3 nitrogen and oxygen atoms in total. The normalized spacial score (nSPS) is 17.8. The summed E-state index contributed by atoms with van der Waals surface area (Å²) < 4.78 is 0. The van der Waals surface area contributed by atoms with Gasteiger partial charge in [-0.15, -0.1) is 0 Å². The summed E-state index contributed by atoms with van der Waals surface area (Å²) in [5, 5.41) is 8.60. The molecule has 3 N–H and O–H groups in total. The fourth-order valence-electron chi connectivity index (χ4n) is 1.78. The smallest absolute Gasteiger partial charge is 0.304 e. The molecular formula is C10H21NO2. The van der Waals surface area contributed by atoms with Crippen molar-refractivity contribution >= 4 is 5.97 Å². The molecule has 0 aromatic carbocycles. The summed E-state index contributed by atoms with van der Waals surface area (Å²) in [7, 11) is 0. The van der Waals surface area contributed by atoms with E-state index in [2.05, 4.69) is 20.8 Å². The Labute approximate surface area is 80.3 Å². The Bertz CT molecular complexity index is 159. The van der Waals surface area contributed by atoms with Crippen molar-refractivity contribution in [1.82, 2.24) is 0 Å². The first-order valence-electron chi connectivity index (χ1n) is 5.00. The SMILES string of the molecule is CCC(C)C(CC)C(N)CC(=O)O. The highest BCUT2D eigenvalue weighted by Crippen LogP contribution is 2.22. The molecule has 13 heavy (non-hydrogen) atoms. The molecule has 3 unspecified atom stereocenters. The van der Waals surface area contributed by atoms with Gasteiger partial charge in [-0.05, 0) is 11.8 Å². The maximum Gasteiger partial charge on any atom is 0.304 e. The van der Waals surface area contributed by atoms with Crippen LogP contribution in [0.4, 0.5) is 0 Å². The first kappa shape index (κ1) is 12.4. The molecule has 0 radical (unpaired) electrons. The second kappa shape index (κ2) is 5.97. The lowest BCUT2D eigenvalue weighted by Crippen LogP contribution is -2.35. The van der Waals surface area contributed by atoms with Crippen molar-refractivity contribution in [2.75, 3.05) is 0 Å². The first-order chi connectivity index (χ1) is 6.02. The Kier molecular flexibility index (Phi) is 5.71. The molecule has 0 fully saturated rings. The van der Waals surface area contributed by atoms with Gasteiger partial charge in [0.25, 0.3) is 0 Å². The molecule has 0 saturated heterocycles. The van der Waals surface area contributed by atoms with Gasteiger partial charge in [-0.3, -0.25) is 4.79 Å². The quantitative estimate of drug-likeness (QED) is 0.667. The predicted octanol–water partition coefficient (Wildman–Crippen LogP) is 1.86. The van der Waals surface area contributed by atoms with E-state index in [1.165, 1.54) is 0 Å². The lowest BCUT2D eigenvalue weighted by molar-refractivity contribution is -0.137. The van der Waals surface area contributed by atoms with Crippen molar-refractivity contribution in [3.63, 3.8) is 0 Å². The van der Waals surface area contributed by atoms with Crippen molar-refractivity contribution in [2.24, 2.45) is 17.6 Å². The van der Waals surface area contributed by atoms with Crippen molar-refractivity contribution < 1.29 is 9.90 Å². The summed E-state index contributed by atoms with van der Waals surface area (Å²) in [5.74, 6) is 0.0507. The van der Waals surface area contributed by atoms with Crippen LogP contribution in [0.2, 0.25) is 0 Å². The molecule has 78 valence electrons. The van der Waals surface area contributed by atoms with Gasteiger partial charge < -0.3 is 10.8 Å². The van der Waals surface area contributed by atoms with Crippen LogP contribution in [0.5, 0.6) is 0 Å². The molecule has 0 aliphatic rings. The number of aliphatic carboxylic acids is 1. The second-order valence-corrected chi connectivity index (χ2v) is 3.72. The van der Waals surface area contributed by atoms with Crippen LogP contribution in [0, 0.1) is 11.8 Å². The molecule has 0 aromatic rings. The second-order valence-electron chi connectivity index (χ2n) is 3.72. The molecule has 0 aliphatic carbocycles. The average Bonchev–Trinajstić information content (AvgIpc) is 2.03. The van der Waals surface area contributed by atoms with Gasteiger partial charge in [0.15, 0.2) is 0 Å². The summed E-state index contributed by atoms with van der Waals surface area (Å²) in [6.45, 7) is 6.31. The van der Waals surface area contributed by atoms with Crippen LogP contribution in [0.15, 0.2) is 0 Å².